The van der Waals surface area contributed by atoms with E-state index in [1.807, 2.05) is 0 Å². The summed E-state index contributed by atoms with van der Waals surface area (Å²) in [4.78, 5) is 0. The number of hydrogen-bond acceptors (Lipinski definition) is 2. The third kappa shape index (κ3) is 14.7. The molecule has 0 spiro atoms. The van der Waals surface area contributed by atoms with Gasteiger partial charge in [0.1, 0.15) is 0 Å². The molecule has 2 nitrogen and oxygen atoms in total. The molecule has 0 aromatic heterocycles. The molecule has 0 aromatic carbocycles. The van der Waals surface area contributed by atoms with Crippen LogP contribution in [0.1, 0.15) is 65.2 Å². The van der Waals surface area contributed by atoms with E-state index >= 15 is 0 Å². The van der Waals surface area contributed by atoms with Crippen LogP contribution in [-0.2, 0) is 6.15 Å². The van der Waals surface area contributed by atoms with Crippen LogP contribution in [0.5, 0.6) is 0 Å². The van der Waals surface area contributed by atoms with E-state index < -0.39 is 22.0 Å². The van der Waals surface area contributed by atoms with Crippen molar-refractivity contribution in [1.29, 1.82) is 0 Å². The van der Waals surface area contributed by atoms with Gasteiger partial charge in [0.2, 0.25) is 0 Å². The van der Waals surface area contributed by atoms with Crippen LogP contribution >= 0.6 is 0 Å². The second-order valence-electron chi connectivity index (χ2n) is 3.90. The topological polar surface area (TPSA) is 18.5 Å². The second-order valence-corrected chi connectivity index (χ2v) is 6.03. The van der Waals surface area contributed by atoms with Crippen molar-refractivity contribution >= 4 is 22.0 Å². The molecule has 0 aliphatic heterocycles. The molecule has 0 saturated carbocycles. The van der Waals surface area contributed by atoms with Crippen molar-refractivity contribution in [2.75, 3.05) is 13.2 Å². The van der Waals surface area contributed by atoms with Crippen molar-refractivity contribution < 1.29 is 6.15 Å². The number of unbranched alkanes of at least 4 members (excludes halogenated alkanes) is 6. The van der Waals surface area contributed by atoms with Crippen LogP contribution in [-0.4, -0.2) is 35.2 Å². The molecule has 0 rings (SSSR count). The van der Waals surface area contributed by atoms with Gasteiger partial charge < -0.3 is 0 Å². The minimum atomic E-state index is -0.913. The molecule has 0 bridgehead atoms. The summed E-state index contributed by atoms with van der Waals surface area (Å²) in [5.41, 5.74) is 0. The standard InChI is InChI=1S/2C6H13O.Sn/c2*1-2-3-4-5-6-7;/h2*2-6H2,1H3;/q2*-1;+2. The van der Waals surface area contributed by atoms with E-state index in [-0.39, 0.29) is 0 Å². The first-order valence-corrected chi connectivity index (χ1v) is 8.73. The Balaban J connectivity index is 2.81. The first-order chi connectivity index (χ1) is 7.41. The minimum absolute atomic E-state index is 0.913. The fraction of sp³-hybridized carbons (Fsp3) is 1.00. The molecule has 0 unspecified atom stereocenters. The van der Waals surface area contributed by atoms with Crippen LogP contribution in [0.4, 0.5) is 0 Å². The van der Waals surface area contributed by atoms with Crippen LogP contribution in [0.25, 0.3) is 0 Å². The Hall–Kier alpha value is 0.719. The summed E-state index contributed by atoms with van der Waals surface area (Å²) in [5.74, 6) is 0. The summed E-state index contributed by atoms with van der Waals surface area (Å²) in [6, 6.07) is 0. The van der Waals surface area contributed by atoms with Gasteiger partial charge in [0.15, 0.2) is 0 Å². The van der Waals surface area contributed by atoms with Crippen LogP contribution in [0, 0.1) is 0 Å². The third-order valence-electron chi connectivity index (χ3n) is 2.32. The monoisotopic (exact) mass is 322 g/mol. The molecule has 0 amide bonds. The zero-order chi connectivity index (χ0) is 11.2. The van der Waals surface area contributed by atoms with Gasteiger partial charge in [-0.3, -0.25) is 0 Å². The molecular weight excluding hydrogens is 295 g/mol. The summed E-state index contributed by atoms with van der Waals surface area (Å²) < 4.78 is 11.1. The van der Waals surface area contributed by atoms with Gasteiger partial charge in [-0.1, -0.05) is 0 Å². The van der Waals surface area contributed by atoms with Gasteiger partial charge in [0.05, 0.1) is 0 Å². The molecule has 0 aliphatic carbocycles. The molecule has 0 aromatic rings. The first kappa shape index (κ1) is 15.7. The van der Waals surface area contributed by atoms with Crippen LogP contribution < -0.4 is 0 Å². The fourth-order valence-corrected chi connectivity index (χ4v) is 2.86. The van der Waals surface area contributed by atoms with Gasteiger partial charge in [-0.25, -0.2) is 0 Å². The average Bonchev–Trinajstić information content (AvgIpc) is 2.26. The predicted octanol–water partition coefficient (Wildman–Crippen LogP) is 3.71. The van der Waals surface area contributed by atoms with Gasteiger partial charge in [0.25, 0.3) is 0 Å². The van der Waals surface area contributed by atoms with Crippen LogP contribution in [0.15, 0.2) is 0 Å². The molecule has 0 fully saturated rings. The first-order valence-electron chi connectivity index (χ1n) is 6.40. The normalized spacial score (nSPS) is 10.8. The third-order valence-corrected chi connectivity index (χ3v) is 4.16. The van der Waals surface area contributed by atoms with Gasteiger partial charge in [-0.2, -0.15) is 0 Å². The molecule has 15 heavy (non-hydrogen) atoms. The maximum absolute atomic E-state index is 5.53. The predicted molar refractivity (Wildman–Crippen MR) is 65.9 cm³/mol. The fourth-order valence-electron chi connectivity index (χ4n) is 1.33. The van der Waals surface area contributed by atoms with E-state index in [0.29, 0.717) is 0 Å². The Morgan fingerprint density at radius 3 is 1.53 bits per heavy atom. The van der Waals surface area contributed by atoms with E-state index in [9.17, 15) is 0 Å². The summed E-state index contributed by atoms with van der Waals surface area (Å²) in [7, 11) is 0. The zero-order valence-corrected chi connectivity index (χ0v) is 13.2. The number of rotatable bonds is 12. The summed E-state index contributed by atoms with van der Waals surface area (Å²) in [6.45, 7) is 6.33. The van der Waals surface area contributed by atoms with Crippen molar-refractivity contribution in [2.24, 2.45) is 0 Å². The van der Waals surface area contributed by atoms with Crippen molar-refractivity contribution in [3.8, 4) is 0 Å². The van der Waals surface area contributed by atoms with E-state index in [1.54, 1.807) is 0 Å². The summed E-state index contributed by atoms with van der Waals surface area (Å²) >= 11 is -0.913. The van der Waals surface area contributed by atoms with E-state index in [0.717, 1.165) is 13.2 Å². The van der Waals surface area contributed by atoms with Gasteiger partial charge in [0, 0.05) is 0 Å². The summed E-state index contributed by atoms with van der Waals surface area (Å²) in [6.07, 6.45) is 10.3. The van der Waals surface area contributed by atoms with Gasteiger partial charge >= 0.3 is 107 Å². The van der Waals surface area contributed by atoms with E-state index in [1.165, 1.54) is 51.4 Å². The molecule has 0 heterocycles. The SMILES string of the molecule is CCCCCC[O][Sn][O]CCCCCC. The molecular formula is C12H26O2Sn. The maximum atomic E-state index is 5.53. The van der Waals surface area contributed by atoms with Crippen molar-refractivity contribution in [3.63, 3.8) is 0 Å². The van der Waals surface area contributed by atoms with Crippen LogP contribution in [0.3, 0.4) is 0 Å². The zero-order valence-electron chi connectivity index (χ0n) is 10.4. The van der Waals surface area contributed by atoms with Crippen molar-refractivity contribution in [2.45, 2.75) is 65.2 Å². The van der Waals surface area contributed by atoms with Gasteiger partial charge in [-0.15, -0.1) is 0 Å². The van der Waals surface area contributed by atoms with Crippen molar-refractivity contribution in [3.05, 3.63) is 0 Å². The van der Waals surface area contributed by atoms with E-state index in [2.05, 4.69) is 13.8 Å². The second kappa shape index (κ2) is 14.7. The Bertz CT molecular complexity index is 97.8. The Labute approximate surface area is 106 Å². The Kier molecular flexibility index (Phi) is 15.4. The van der Waals surface area contributed by atoms with Crippen molar-refractivity contribution in [1.82, 2.24) is 0 Å². The molecule has 0 saturated heterocycles. The Morgan fingerprint density at radius 1 is 0.667 bits per heavy atom. The molecule has 0 aliphatic rings. The van der Waals surface area contributed by atoms with Crippen LogP contribution in [0.2, 0.25) is 0 Å². The molecule has 0 atom stereocenters. The quantitative estimate of drug-likeness (QED) is 0.403. The molecule has 3 heteroatoms. The molecule has 0 N–H and O–H groups in total. The van der Waals surface area contributed by atoms with E-state index in [4.69, 9.17) is 6.15 Å². The Morgan fingerprint density at radius 2 is 1.13 bits per heavy atom. The molecule has 2 radical (unpaired) electrons. The average molecular weight is 321 g/mol. The molecule has 90 valence electrons. The van der Waals surface area contributed by atoms with Gasteiger partial charge in [-0.05, 0) is 0 Å². The number of hydrogen-bond donors (Lipinski definition) is 0. The summed E-state index contributed by atoms with van der Waals surface area (Å²) in [5, 5.41) is 0.